The molecular weight excluding hydrogens is 364 g/mol. The lowest BCUT2D eigenvalue weighted by atomic mass is 10.1. The van der Waals surface area contributed by atoms with Crippen LogP contribution in [0.5, 0.6) is 0 Å². The van der Waals surface area contributed by atoms with E-state index in [-0.39, 0.29) is 5.91 Å². The molecule has 1 aromatic heterocycles. The Morgan fingerprint density at radius 3 is 2.38 bits per heavy atom. The topological polar surface area (TPSA) is 64.6 Å². The van der Waals surface area contributed by atoms with Crippen LogP contribution in [-0.4, -0.2) is 71.5 Å². The van der Waals surface area contributed by atoms with E-state index in [0.717, 1.165) is 51.5 Å². The van der Waals surface area contributed by atoms with Gasteiger partial charge in [0.05, 0.1) is 0 Å². The first-order valence-electron chi connectivity index (χ1n) is 10.7. The molecule has 0 bridgehead atoms. The average Bonchev–Trinajstić information content (AvgIpc) is 2.80. The molecule has 2 aromatic rings. The normalized spacial score (nSPS) is 18.0. The van der Waals surface area contributed by atoms with E-state index in [4.69, 9.17) is 0 Å². The minimum Gasteiger partial charge on any atom is -0.372 e. The van der Waals surface area contributed by atoms with Crippen LogP contribution >= 0.6 is 0 Å². The second-order valence-corrected chi connectivity index (χ2v) is 7.73. The maximum atomic E-state index is 12.8. The van der Waals surface area contributed by atoms with E-state index in [1.54, 1.807) is 6.07 Å². The molecule has 154 valence electrons. The summed E-state index contributed by atoms with van der Waals surface area (Å²) in [5.41, 5.74) is 2.66. The Morgan fingerprint density at radius 1 is 0.966 bits per heavy atom. The second-order valence-electron chi connectivity index (χ2n) is 7.73. The van der Waals surface area contributed by atoms with Crippen LogP contribution in [0.15, 0.2) is 36.7 Å². The lowest BCUT2D eigenvalue weighted by molar-refractivity contribution is 0.0637. The summed E-state index contributed by atoms with van der Waals surface area (Å²) in [6, 6.07) is 10.2. The van der Waals surface area contributed by atoms with E-state index in [1.165, 1.54) is 31.3 Å². The zero-order valence-electron chi connectivity index (χ0n) is 17.2. The van der Waals surface area contributed by atoms with Crippen molar-refractivity contribution in [1.82, 2.24) is 19.8 Å². The number of nitrogens with one attached hydrogen (secondary N) is 1. The molecule has 2 aliphatic heterocycles. The summed E-state index contributed by atoms with van der Waals surface area (Å²) in [6.07, 6.45) is 5.33. The van der Waals surface area contributed by atoms with Crippen LogP contribution in [0.4, 0.5) is 17.2 Å². The van der Waals surface area contributed by atoms with Crippen molar-refractivity contribution in [3.63, 3.8) is 0 Å². The molecule has 0 atom stereocenters. The summed E-state index contributed by atoms with van der Waals surface area (Å²) in [5.74, 6) is 0.618. The molecule has 0 radical (unpaired) electrons. The highest BCUT2D eigenvalue weighted by Gasteiger charge is 2.22. The SMILES string of the molecule is CCN1CCN(C(=O)c2cc(Nc3ccc(N4CCCCC4)cc3)ncn2)CC1. The molecule has 0 unspecified atom stereocenters. The van der Waals surface area contributed by atoms with Crippen molar-refractivity contribution in [3.05, 3.63) is 42.4 Å². The van der Waals surface area contributed by atoms with Gasteiger partial charge in [-0.1, -0.05) is 6.92 Å². The fraction of sp³-hybridized carbons (Fsp3) is 0.500. The average molecular weight is 395 g/mol. The van der Waals surface area contributed by atoms with Crippen LogP contribution in [0.25, 0.3) is 0 Å². The van der Waals surface area contributed by atoms with E-state index in [9.17, 15) is 4.79 Å². The van der Waals surface area contributed by atoms with Gasteiger partial charge < -0.3 is 20.0 Å². The minimum atomic E-state index is -0.0216. The number of amides is 1. The van der Waals surface area contributed by atoms with Crippen molar-refractivity contribution in [2.45, 2.75) is 26.2 Å². The van der Waals surface area contributed by atoms with Gasteiger partial charge in [0.25, 0.3) is 5.91 Å². The van der Waals surface area contributed by atoms with E-state index >= 15 is 0 Å². The summed E-state index contributed by atoms with van der Waals surface area (Å²) < 4.78 is 0. The molecule has 0 saturated carbocycles. The third-order valence-corrected chi connectivity index (χ3v) is 5.85. The Bertz CT molecular complexity index is 810. The lowest BCUT2D eigenvalue weighted by Gasteiger charge is -2.33. The number of carbonyl (C=O) groups excluding carboxylic acids is 1. The molecule has 4 rings (SSSR count). The highest BCUT2D eigenvalue weighted by molar-refractivity contribution is 5.93. The molecule has 2 fully saturated rings. The number of piperidine rings is 1. The number of piperazine rings is 1. The molecule has 0 aliphatic carbocycles. The van der Waals surface area contributed by atoms with Gasteiger partial charge in [-0.15, -0.1) is 0 Å². The molecule has 7 nitrogen and oxygen atoms in total. The predicted molar refractivity (Wildman–Crippen MR) is 116 cm³/mol. The molecular formula is C22H30N6O. The number of rotatable bonds is 5. The molecule has 1 N–H and O–H groups in total. The Morgan fingerprint density at radius 2 is 1.69 bits per heavy atom. The van der Waals surface area contributed by atoms with Crippen molar-refractivity contribution in [2.24, 2.45) is 0 Å². The molecule has 2 aliphatic rings. The molecule has 1 amide bonds. The number of benzene rings is 1. The first-order chi connectivity index (χ1) is 14.2. The Labute approximate surface area is 172 Å². The van der Waals surface area contributed by atoms with Gasteiger partial charge in [0.15, 0.2) is 0 Å². The Kier molecular flexibility index (Phi) is 6.24. The first-order valence-corrected chi connectivity index (χ1v) is 10.7. The number of hydrogen-bond donors (Lipinski definition) is 1. The highest BCUT2D eigenvalue weighted by Crippen LogP contribution is 2.23. The quantitative estimate of drug-likeness (QED) is 0.841. The van der Waals surface area contributed by atoms with Gasteiger partial charge in [-0.2, -0.15) is 0 Å². The standard InChI is InChI=1S/C22H30N6O/c1-2-26-12-14-28(15-13-26)22(29)20-16-21(24-17-23-20)25-18-6-8-19(9-7-18)27-10-4-3-5-11-27/h6-9,16-17H,2-5,10-15H2,1H3,(H,23,24,25). The van der Waals surface area contributed by atoms with Gasteiger partial charge in [0.2, 0.25) is 0 Å². The zero-order chi connectivity index (χ0) is 20.1. The van der Waals surface area contributed by atoms with Gasteiger partial charge in [-0.3, -0.25) is 4.79 Å². The lowest BCUT2D eigenvalue weighted by Crippen LogP contribution is -2.48. The van der Waals surface area contributed by atoms with Crippen LogP contribution in [0.3, 0.4) is 0 Å². The number of aromatic nitrogens is 2. The third kappa shape index (κ3) is 4.85. The van der Waals surface area contributed by atoms with Gasteiger partial charge in [-0.05, 0) is 50.1 Å². The van der Waals surface area contributed by atoms with Crippen LogP contribution in [0, 0.1) is 0 Å². The molecule has 2 saturated heterocycles. The summed E-state index contributed by atoms with van der Waals surface area (Å²) in [5, 5.41) is 3.30. The van der Waals surface area contributed by atoms with E-state index in [2.05, 4.69) is 56.3 Å². The summed E-state index contributed by atoms with van der Waals surface area (Å²) in [6.45, 7) is 8.78. The van der Waals surface area contributed by atoms with Crippen molar-refractivity contribution in [1.29, 1.82) is 0 Å². The van der Waals surface area contributed by atoms with Gasteiger partial charge in [0, 0.05) is 56.7 Å². The van der Waals surface area contributed by atoms with Crippen molar-refractivity contribution < 1.29 is 4.79 Å². The minimum absolute atomic E-state index is 0.0216. The van der Waals surface area contributed by atoms with Gasteiger partial charge >= 0.3 is 0 Å². The van der Waals surface area contributed by atoms with Crippen LogP contribution < -0.4 is 10.2 Å². The van der Waals surface area contributed by atoms with Crippen LogP contribution in [-0.2, 0) is 0 Å². The number of carbonyl (C=O) groups is 1. The Hall–Kier alpha value is -2.67. The zero-order valence-corrected chi connectivity index (χ0v) is 17.2. The number of hydrogen-bond acceptors (Lipinski definition) is 6. The van der Waals surface area contributed by atoms with Crippen molar-refractivity contribution >= 4 is 23.1 Å². The van der Waals surface area contributed by atoms with E-state index in [1.807, 2.05) is 4.90 Å². The van der Waals surface area contributed by atoms with Gasteiger partial charge in [0.1, 0.15) is 17.8 Å². The van der Waals surface area contributed by atoms with Crippen molar-refractivity contribution in [3.8, 4) is 0 Å². The first kappa shape index (κ1) is 19.6. The summed E-state index contributed by atoms with van der Waals surface area (Å²) >= 11 is 0. The fourth-order valence-corrected chi connectivity index (χ4v) is 4.03. The third-order valence-electron chi connectivity index (χ3n) is 5.85. The monoisotopic (exact) mass is 394 g/mol. The van der Waals surface area contributed by atoms with E-state index < -0.39 is 0 Å². The Balaban J connectivity index is 1.39. The molecule has 7 heteroatoms. The highest BCUT2D eigenvalue weighted by atomic mass is 16.2. The molecule has 3 heterocycles. The van der Waals surface area contributed by atoms with Crippen LogP contribution in [0.2, 0.25) is 0 Å². The van der Waals surface area contributed by atoms with Gasteiger partial charge in [-0.25, -0.2) is 9.97 Å². The number of nitrogens with zero attached hydrogens (tertiary/aromatic N) is 5. The largest absolute Gasteiger partial charge is 0.372 e. The molecule has 1 aromatic carbocycles. The maximum Gasteiger partial charge on any atom is 0.272 e. The predicted octanol–water partition coefficient (Wildman–Crippen LogP) is 2.99. The molecule has 0 spiro atoms. The number of anilines is 3. The smallest absolute Gasteiger partial charge is 0.272 e. The second kappa shape index (κ2) is 9.22. The maximum absolute atomic E-state index is 12.8. The van der Waals surface area contributed by atoms with Crippen molar-refractivity contribution in [2.75, 3.05) is 56.0 Å². The van der Waals surface area contributed by atoms with E-state index in [0.29, 0.717) is 11.5 Å². The number of likely N-dealkylation sites (N-methyl/N-ethyl adjacent to an activating group) is 1. The summed E-state index contributed by atoms with van der Waals surface area (Å²) in [7, 11) is 0. The van der Waals surface area contributed by atoms with Crippen LogP contribution in [0.1, 0.15) is 36.7 Å². The fourth-order valence-electron chi connectivity index (χ4n) is 4.03. The summed E-state index contributed by atoms with van der Waals surface area (Å²) in [4.78, 5) is 28.0. The molecule has 29 heavy (non-hydrogen) atoms.